The Morgan fingerprint density at radius 1 is 1.18 bits per heavy atom. The zero-order chi connectivity index (χ0) is 15.9. The van der Waals surface area contributed by atoms with E-state index in [1.807, 2.05) is 24.3 Å². The Morgan fingerprint density at radius 2 is 1.91 bits per heavy atom. The molecule has 0 saturated carbocycles. The minimum atomic E-state index is -0.934. The van der Waals surface area contributed by atoms with Crippen LogP contribution in [0.3, 0.4) is 0 Å². The summed E-state index contributed by atoms with van der Waals surface area (Å²) in [5.74, 6) is -1.87. The number of carbonyl (C=O) groups is 2. The fourth-order valence-electron chi connectivity index (χ4n) is 3.05. The van der Waals surface area contributed by atoms with E-state index in [9.17, 15) is 14.7 Å². The van der Waals surface area contributed by atoms with Crippen molar-refractivity contribution in [2.75, 3.05) is 7.05 Å². The third kappa shape index (κ3) is 2.31. The minimum absolute atomic E-state index is 0.155. The minimum Gasteiger partial charge on any atom is -0.481 e. The van der Waals surface area contributed by atoms with Crippen LogP contribution < -0.4 is 0 Å². The van der Waals surface area contributed by atoms with Crippen LogP contribution in [0.2, 0.25) is 0 Å². The third-order valence-corrected chi connectivity index (χ3v) is 4.53. The molecule has 112 valence electrons. The summed E-state index contributed by atoms with van der Waals surface area (Å²) in [6, 6.07) is 13.8. The summed E-state index contributed by atoms with van der Waals surface area (Å²) in [6.07, 6.45) is 0. The van der Waals surface area contributed by atoms with E-state index in [2.05, 4.69) is 15.9 Å². The van der Waals surface area contributed by atoms with Crippen LogP contribution in [0.1, 0.15) is 33.4 Å². The predicted octanol–water partition coefficient (Wildman–Crippen LogP) is 3.44. The number of likely N-dealkylation sites (N-methyl/N-ethyl adjacent to an activating group) is 1. The largest absolute Gasteiger partial charge is 0.481 e. The van der Waals surface area contributed by atoms with Gasteiger partial charge in [0.1, 0.15) is 5.92 Å². The van der Waals surface area contributed by atoms with Gasteiger partial charge < -0.3 is 10.0 Å². The van der Waals surface area contributed by atoms with E-state index in [1.165, 1.54) is 4.90 Å². The van der Waals surface area contributed by atoms with Crippen molar-refractivity contribution in [2.45, 2.75) is 12.0 Å². The van der Waals surface area contributed by atoms with Gasteiger partial charge in [0.2, 0.25) is 0 Å². The van der Waals surface area contributed by atoms with Crippen LogP contribution in [0.5, 0.6) is 0 Å². The van der Waals surface area contributed by atoms with E-state index >= 15 is 0 Å². The van der Waals surface area contributed by atoms with Crippen LogP contribution in [-0.4, -0.2) is 28.9 Å². The lowest BCUT2D eigenvalue weighted by Gasteiger charge is -2.38. The molecule has 1 amide bonds. The number of amides is 1. The second-order valence-electron chi connectivity index (χ2n) is 5.32. The third-order valence-electron chi connectivity index (χ3n) is 4.04. The number of fused-ring (bicyclic) bond motifs is 1. The molecular weight excluding hydrogens is 346 g/mol. The number of benzene rings is 2. The van der Waals surface area contributed by atoms with Crippen molar-refractivity contribution >= 4 is 27.8 Å². The summed E-state index contributed by atoms with van der Waals surface area (Å²) in [7, 11) is 1.65. The number of rotatable bonds is 2. The van der Waals surface area contributed by atoms with Gasteiger partial charge in [0, 0.05) is 17.1 Å². The van der Waals surface area contributed by atoms with Crippen molar-refractivity contribution in [1.82, 2.24) is 4.90 Å². The Kier molecular flexibility index (Phi) is 3.74. The summed E-state index contributed by atoms with van der Waals surface area (Å²) in [6.45, 7) is 0. The number of carboxylic acid groups (broad SMARTS) is 1. The molecule has 0 radical (unpaired) electrons. The van der Waals surface area contributed by atoms with Gasteiger partial charge in [-0.25, -0.2) is 0 Å². The molecule has 1 N–H and O–H groups in total. The lowest BCUT2D eigenvalue weighted by atomic mass is 9.80. The molecule has 3 rings (SSSR count). The second-order valence-corrected chi connectivity index (χ2v) is 6.23. The molecule has 2 atom stereocenters. The highest BCUT2D eigenvalue weighted by molar-refractivity contribution is 9.10. The molecule has 1 aliphatic rings. The number of halogens is 1. The molecule has 2 aromatic rings. The number of hydrogen-bond donors (Lipinski definition) is 1. The lowest BCUT2D eigenvalue weighted by molar-refractivity contribution is -0.140. The van der Waals surface area contributed by atoms with Gasteiger partial charge in [-0.1, -0.05) is 46.3 Å². The first-order chi connectivity index (χ1) is 10.5. The zero-order valence-electron chi connectivity index (χ0n) is 11.9. The summed E-state index contributed by atoms with van der Waals surface area (Å²) < 4.78 is 0.855. The molecule has 1 aliphatic heterocycles. The molecule has 0 saturated heterocycles. The smallest absolute Gasteiger partial charge is 0.313 e. The standard InChI is InChI=1S/C17H14BrNO3/c1-19-15(10-5-4-6-11(18)9-10)14(17(21)22)12-7-2-3-8-13(12)16(19)20/h2-9,14-15H,1H3,(H,21,22). The van der Waals surface area contributed by atoms with Gasteiger partial charge in [-0.2, -0.15) is 0 Å². The van der Waals surface area contributed by atoms with Gasteiger partial charge in [0.15, 0.2) is 0 Å². The van der Waals surface area contributed by atoms with E-state index in [0.29, 0.717) is 11.1 Å². The Labute approximate surface area is 136 Å². The highest BCUT2D eigenvalue weighted by Gasteiger charge is 2.42. The van der Waals surface area contributed by atoms with Crippen LogP contribution in [0.25, 0.3) is 0 Å². The SMILES string of the molecule is CN1C(=O)c2ccccc2C(C(=O)O)C1c1cccc(Br)c1. The normalized spacial score (nSPS) is 20.6. The van der Waals surface area contributed by atoms with Crippen LogP contribution in [0.4, 0.5) is 0 Å². The number of aliphatic carboxylic acids is 1. The van der Waals surface area contributed by atoms with Crippen molar-refractivity contribution < 1.29 is 14.7 Å². The first-order valence-electron chi connectivity index (χ1n) is 6.85. The predicted molar refractivity (Wildman–Crippen MR) is 85.8 cm³/mol. The van der Waals surface area contributed by atoms with E-state index in [-0.39, 0.29) is 5.91 Å². The molecule has 1 heterocycles. The van der Waals surface area contributed by atoms with Crippen molar-refractivity contribution in [2.24, 2.45) is 0 Å². The monoisotopic (exact) mass is 359 g/mol. The number of carboxylic acids is 1. The van der Waals surface area contributed by atoms with Crippen molar-refractivity contribution in [3.63, 3.8) is 0 Å². The number of nitrogens with zero attached hydrogens (tertiary/aromatic N) is 1. The molecule has 0 aliphatic carbocycles. The van der Waals surface area contributed by atoms with E-state index in [1.54, 1.807) is 31.3 Å². The first kappa shape index (κ1) is 14.8. The quantitative estimate of drug-likeness (QED) is 0.893. The lowest BCUT2D eigenvalue weighted by Crippen LogP contribution is -2.42. The molecule has 22 heavy (non-hydrogen) atoms. The summed E-state index contributed by atoms with van der Waals surface area (Å²) in [5.41, 5.74) is 1.83. The second kappa shape index (κ2) is 5.57. The maximum absolute atomic E-state index is 12.6. The van der Waals surface area contributed by atoms with Crippen LogP contribution in [0, 0.1) is 0 Å². The van der Waals surface area contributed by atoms with Crippen molar-refractivity contribution in [3.8, 4) is 0 Å². The molecule has 0 bridgehead atoms. The van der Waals surface area contributed by atoms with Gasteiger partial charge in [0.05, 0.1) is 6.04 Å². The van der Waals surface area contributed by atoms with Gasteiger partial charge in [-0.3, -0.25) is 9.59 Å². The Bertz CT molecular complexity index is 759. The highest BCUT2D eigenvalue weighted by atomic mass is 79.9. The van der Waals surface area contributed by atoms with Gasteiger partial charge >= 0.3 is 5.97 Å². The van der Waals surface area contributed by atoms with Crippen LogP contribution >= 0.6 is 15.9 Å². The summed E-state index contributed by atoms with van der Waals surface area (Å²) >= 11 is 3.40. The summed E-state index contributed by atoms with van der Waals surface area (Å²) in [4.78, 5) is 26.0. The van der Waals surface area contributed by atoms with Crippen molar-refractivity contribution in [1.29, 1.82) is 0 Å². The number of carbonyl (C=O) groups excluding carboxylic acids is 1. The molecule has 0 spiro atoms. The molecule has 5 heteroatoms. The van der Waals surface area contributed by atoms with Crippen LogP contribution in [0.15, 0.2) is 53.0 Å². The van der Waals surface area contributed by atoms with Crippen LogP contribution in [-0.2, 0) is 4.79 Å². The average molecular weight is 360 g/mol. The molecule has 0 aromatic heterocycles. The number of hydrogen-bond acceptors (Lipinski definition) is 2. The maximum atomic E-state index is 12.6. The molecule has 0 fully saturated rings. The van der Waals surface area contributed by atoms with Gasteiger partial charge in [-0.05, 0) is 29.3 Å². The topological polar surface area (TPSA) is 57.6 Å². The molecular formula is C17H14BrNO3. The Morgan fingerprint density at radius 3 is 2.59 bits per heavy atom. The Hall–Kier alpha value is -2.14. The zero-order valence-corrected chi connectivity index (χ0v) is 13.4. The highest BCUT2D eigenvalue weighted by Crippen LogP contribution is 2.42. The maximum Gasteiger partial charge on any atom is 0.313 e. The fraction of sp³-hybridized carbons (Fsp3) is 0.176. The molecule has 4 nitrogen and oxygen atoms in total. The molecule has 2 aromatic carbocycles. The van der Waals surface area contributed by atoms with E-state index < -0.39 is 17.9 Å². The van der Waals surface area contributed by atoms with Gasteiger partial charge in [-0.15, -0.1) is 0 Å². The first-order valence-corrected chi connectivity index (χ1v) is 7.64. The van der Waals surface area contributed by atoms with Gasteiger partial charge in [0.25, 0.3) is 5.91 Å². The summed E-state index contributed by atoms with van der Waals surface area (Å²) in [5, 5.41) is 9.74. The fourth-order valence-corrected chi connectivity index (χ4v) is 3.46. The average Bonchev–Trinajstić information content (AvgIpc) is 2.50. The van der Waals surface area contributed by atoms with E-state index in [4.69, 9.17) is 0 Å². The van der Waals surface area contributed by atoms with E-state index in [0.717, 1.165) is 10.0 Å². The Balaban J connectivity index is 2.21. The van der Waals surface area contributed by atoms with Crippen molar-refractivity contribution in [3.05, 3.63) is 69.7 Å². The molecule has 2 unspecified atom stereocenters.